The summed E-state index contributed by atoms with van der Waals surface area (Å²) in [4.78, 5) is 14.8. The van der Waals surface area contributed by atoms with E-state index in [4.69, 9.17) is 16.3 Å². The summed E-state index contributed by atoms with van der Waals surface area (Å²) >= 11 is 6.35. The van der Waals surface area contributed by atoms with E-state index in [9.17, 15) is 9.90 Å². The number of carbonyl (C=O) groups excluding carboxylic acids is 1. The van der Waals surface area contributed by atoms with E-state index < -0.39 is 0 Å². The summed E-state index contributed by atoms with van der Waals surface area (Å²) in [6, 6.07) is 15.6. The predicted octanol–water partition coefficient (Wildman–Crippen LogP) is 4.54. The zero-order chi connectivity index (χ0) is 19.7. The summed E-state index contributed by atoms with van der Waals surface area (Å²) in [5.74, 6) is -0.0282. The van der Waals surface area contributed by atoms with Gasteiger partial charge in [-0.2, -0.15) is 0 Å². The molecule has 2 aliphatic rings. The minimum absolute atomic E-state index is 0.0282. The van der Waals surface area contributed by atoms with Crippen molar-refractivity contribution >= 4 is 17.5 Å². The van der Waals surface area contributed by atoms with Crippen LogP contribution in [0.5, 0.6) is 0 Å². The van der Waals surface area contributed by atoms with Crippen molar-refractivity contribution in [2.45, 2.75) is 50.4 Å². The number of likely N-dealkylation sites (tertiary alicyclic amines) is 1. The van der Waals surface area contributed by atoms with Crippen LogP contribution in [0.3, 0.4) is 0 Å². The molecule has 0 unspecified atom stereocenters. The molecule has 2 aromatic rings. The van der Waals surface area contributed by atoms with E-state index in [2.05, 4.69) is 12.1 Å². The number of benzene rings is 2. The number of halogens is 1. The molecular formula is C23H26ClNO3. The van der Waals surface area contributed by atoms with Gasteiger partial charge in [0, 0.05) is 25.9 Å². The Kier molecular flexibility index (Phi) is 5.46. The number of nitrogens with zero attached hydrogens (tertiary/aromatic N) is 1. The maximum atomic E-state index is 12.9. The molecule has 2 heterocycles. The largest absolute Gasteiger partial charge is 0.393 e. The number of ether oxygens (including phenoxy) is 1. The number of rotatable bonds is 2. The second kappa shape index (κ2) is 7.86. The summed E-state index contributed by atoms with van der Waals surface area (Å²) in [6.07, 6.45) is 2.22. The highest BCUT2D eigenvalue weighted by Crippen LogP contribution is 2.43. The van der Waals surface area contributed by atoms with Crippen LogP contribution in [-0.2, 0) is 4.74 Å². The molecule has 2 fully saturated rings. The summed E-state index contributed by atoms with van der Waals surface area (Å²) in [5, 5.41) is 11.0. The van der Waals surface area contributed by atoms with Crippen LogP contribution in [0.25, 0.3) is 0 Å². The van der Waals surface area contributed by atoms with Gasteiger partial charge >= 0.3 is 0 Å². The molecule has 0 aromatic heterocycles. The van der Waals surface area contributed by atoms with Crippen LogP contribution in [-0.4, -0.2) is 40.7 Å². The van der Waals surface area contributed by atoms with E-state index in [0.717, 1.165) is 24.0 Å². The Bertz CT molecular complexity index is 846. The molecule has 0 saturated carbocycles. The minimum Gasteiger partial charge on any atom is -0.393 e. The lowest BCUT2D eigenvalue weighted by atomic mass is 9.80. The number of hydrogen-bond acceptors (Lipinski definition) is 3. The van der Waals surface area contributed by atoms with Gasteiger partial charge in [-0.15, -0.1) is 0 Å². The molecule has 2 atom stereocenters. The van der Waals surface area contributed by atoms with Crippen LogP contribution in [0.2, 0.25) is 5.02 Å². The molecule has 148 valence electrons. The molecule has 4 nitrogen and oxygen atoms in total. The van der Waals surface area contributed by atoms with Gasteiger partial charge in [0.1, 0.15) is 0 Å². The molecule has 1 N–H and O–H groups in total. The van der Waals surface area contributed by atoms with Crippen LogP contribution < -0.4 is 0 Å². The molecule has 2 aromatic carbocycles. The van der Waals surface area contributed by atoms with E-state index in [1.807, 2.05) is 42.2 Å². The number of aliphatic hydroxyl groups excluding tert-OH is 1. The van der Waals surface area contributed by atoms with Crippen LogP contribution in [0, 0.1) is 6.92 Å². The normalized spacial score (nSPS) is 24.3. The van der Waals surface area contributed by atoms with Gasteiger partial charge in [0.25, 0.3) is 5.91 Å². The van der Waals surface area contributed by atoms with E-state index >= 15 is 0 Å². The van der Waals surface area contributed by atoms with E-state index in [-0.39, 0.29) is 23.7 Å². The van der Waals surface area contributed by atoms with Gasteiger partial charge in [-0.05, 0) is 37.0 Å². The van der Waals surface area contributed by atoms with Crippen molar-refractivity contribution in [3.8, 4) is 0 Å². The van der Waals surface area contributed by atoms with Crippen molar-refractivity contribution in [2.24, 2.45) is 0 Å². The van der Waals surface area contributed by atoms with Crippen LogP contribution in [0.15, 0.2) is 48.5 Å². The lowest BCUT2D eigenvalue weighted by molar-refractivity contribution is -0.181. The molecule has 0 bridgehead atoms. The van der Waals surface area contributed by atoms with Gasteiger partial charge < -0.3 is 14.7 Å². The number of hydrogen-bond donors (Lipinski definition) is 1. The third kappa shape index (κ3) is 3.82. The van der Waals surface area contributed by atoms with Crippen molar-refractivity contribution < 1.29 is 14.6 Å². The average Bonchev–Trinajstić information content (AvgIpc) is 2.70. The third-order valence-electron chi connectivity index (χ3n) is 6.04. The Balaban J connectivity index is 1.46. The van der Waals surface area contributed by atoms with Gasteiger partial charge in [0.05, 0.1) is 28.4 Å². The molecule has 0 aliphatic carbocycles. The van der Waals surface area contributed by atoms with Gasteiger partial charge in [-0.3, -0.25) is 4.79 Å². The summed E-state index contributed by atoms with van der Waals surface area (Å²) < 4.78 is 6.52. The first kappa shape index (κ1) is 19.4. The zero-order valence-electron chi connectivity index (χ0n) is 16.1. The fraction of sp³-hybridized carbons (Fsp3) is 0.435. The lowest BCUT2D eigenvalue weighted by Gasteiger charge is -2.48. The molecule has 28 heavy (non-hydrogen) atoms. The molecule has 1 amide bonds. The highest BCUT2D eigenvalue weighted by Gasteiger charge is 2.44. The second-order valence-electron chi connectivity index (χ2n) is 8.02. The van der Waals surface area contributed by atoms with E-state index in [0.29, 0.717) is 36.5 Å². The van der Waals surface area contributed by atoms with Crippen LogP contribution in [0.1, 0.15) is 53.3 Å². The smallest absolute Gasteiger partial charge is 0.255 e. The Morgan fingerprint density at radius 2 is 1.86 bits per heavy atom. The number of amides is 1. The SMILES string of the molecule is Cc1cccc(C(=O)N2CCC3(CC2)C[C@H](O)C[C@H](c2ccccc2)O3)c1Cl. The summed E-state index contributed by atoms with van der Waals surface area (Å²) in [5.41, 5.74) is 2.20. The van der Waals surface area contributed by atoms with Gasteiger partial charge in [0.2, 0.25) is 0 Å². The Morgan fingerprint density at radius 1 is 1.14 bits per heavy atom. The molecule has 5 heteroatoms. The third-order valence-corrected chi connectivity index (χ3v) is 6.54. The fourth-order valence-corrected chi connectivity index (χ4v) is 4.66. The van der Waals surface area contributed by atoms with Crippen molar-refractivity contribution in [3.63, 3.8) is 0 Å². The fourth-order valence-electron chi connectivity index (χ4n) is 4.45. The van der Waals surface area contributed by atoms with Crippen molar-refractivity contribution in [3.05, 3.63) is 70.2 Å². The molecule has 2 aliphatic heterocycles. The van der Waals surface area contributed by atoms with Crippen LogP contribution >= 0.6 is 11.6 Å². The minimum atomic E-state index is -0.382. The lowest BCUT2D eigenvalue weighted by Crippen LogP contribution is -2.52. The molecule has 2 saturated heterocycles. The monoisotopic (exact) mass is 399 g/mol. The first-order chi connectivity index (χ1) is 13.5. The molecule has 4 rings (SSSR count). The number of aliphatic hydroxyl groups is 1. The molecular weight excluding hydrogens is 374 g/mol. The highest BCUT2D eigenvalue weighted by molar-refractivity contribution is 6.34. The number of piperidine rings is 1. The Morgan fingerprint density at radius 3 is 2.57 bits per heavy atom. The predicted molar refractivity (Wildman–Crippen MR) is 110 cm³/mol. The standard InChI is InChI=1S/C23H26ClNO3/c1-16-6-5-9-19(21(16)24)22(27)25-12-10-23(11-13-25)15-18(26)14-20(28-23)17-7-3-2-4-8-17/h2-9,18,20,26H,10-15H2,1H3/t18-,20-/m1/s1. The first-order valence-corrected chi connectivity index (χ1v) is 10.3. The Labute approximate surface area is 171 Å². The van der Waals surface area contributed by atoms with Crippen molar-refractivity contribution in [1.82, 2.24) is 4.90 Å². The van der Waals surface area contributed by atoms with Crippen molar-refractivity contribution in [2.75, 3.05) is 13.1 Å². The highest BCUT2D eigenvalue weighted by atomic mass is 35.5. The van der Waals surface area contributed by atoms with Crippen molar-refractivity contribution in [1.29, 1.82) is 0 Å². The van der Waals surface area contributed by atoms with Crippen LogP contribution in [0.4, 0.5) is 0 Å². The summed E-state index contributed by atoms with van der Waals surface area (Å²) in [7, 11) is 0. The van der Waals surface area contributed by atoms with E-state index in [1.165, 1.54) is 0 Å². The quantitative estimate of drug-likeness (QED) is 0.806. The average molecular weight is 400 g/mol. The first-order valence-electron chi connectivity index (χ1n) is 9.93. The van der Waals surface area contributed by atoms with Gasteiger partial charge in [-0.25, -0.2) is 0 Å². The van der Waals surface area contributed by atoms with E-state index in [1.54, 1.807) is 6.07 Å². The topological polar surface area (TPSA) is 49.8 Å². The summed E-state index contributed by atoms with van der Waals surface area (Å²) in [6.45, 7) is 3.12. The second-order valence-corrected chi connectivity index (χ2v) is 8.40. The maximum absolute atomic E-state index is 12.9. The molecule has 0 radical (unpaired) electrons. The number of aryl methyl sites for hydroxylation is 1. The molecule has 1 spiro atoms. The Hall–Kier alpha value is -1.88. The maximum Gasteiger partial charge on any atom is 0.255 e. The zero-order valence-corrected chi connectivity index (χ0v) is 16.9. The van der Waals surface area contributed by atoms with Gasteiger partial charge in [-0.1, -0.05) is 54.1 Å². The van der Waals surface area contributed by atoms with Gasteiger partial charge in [0.15, 0.2) is 0 Å². The number of carbonyl (C=O) groups is 1.